The third-order valence-electron chi connectivity index (χ3n) is 2.97. The van der Waals surface area contributed by atoms with Gasteiger partial charge in [-0.25, -0.2) is 0 Å². The first kappa shape index (κ1) is 14.6. The summed E-state index contributed by atoms with van der Waals surface area (Å²) in [6.45, 7) is 2.71. The SMILES string of the molecule is CCC(N)Cc1ccccc1OCc1cc(Br)cs1. The van der Waals surface area contributed by atoms with Crippen molar-refractivity contribution in [3.05, 3.63) is 50.6 Å². The molecule has 102 valence electrons. The van der Waals surface area contributed by atoms with Gasteiger partial charge in [0, 0.05) is 20.8 Å². The van der Waals surface area contributed by atoms with Crippen LogP contribution in [0.2, 0.25) is 0 Å². The van der Waals surface area contributed by atoms with Gasteiger partial charge < -0.3 is 10.5 Å². The Hall–Kier alpha value is -0.840. The Bertz CT molecular complexity index is 526. The van der Waals surface area contributed by atoms with Gasteiger partial charge in [0.05, 0.1) is 0 Å². The average Bonchev–Trinajstić information content (AvgIpc) is 2.83. The van der Waals surface area contributed by atoms with E-state index < -0.39 is 0 Å². The summed E-state index contributed by atoms with van der Waals surface area (Å²) in [5.74, 6) is 0.941. The van der Waals surface area contributed by atoms with E-state index in [1.807, 2.05) is 18.2 Å². The molecule has 0 amide bonds. The van der Waals surface area contributed by atoms with E-state index in [0.717, 1.165) is 23.1 Å². The molecule has 19 heavy (non-hydrogen) atoms. The Labute approximate surface area is 126 Å². The van der Waals surface area contributed by atoms with Crippen LogP contribution in [0.5, 0.6) is 5.75 Å². The lowest BCUT2D eigenvalue weighted by Gasteiger charge is -2.13. The van der Waals surface area contributed by atoms with Crippen LogP contribution < -0.4 is 10.5 Å². The first-order valence-corrected chi connectivity index (χ1v) is 8.05. The van der Waals surface area contributed by atoms with Crippen LogP contribution in [0.1, 0.15) is 23.8 Å². The first-order chi connectivity index (χ1) is 9.19. The number of halogens is 1. The largest absolute Gasteiger partial charge is 0.488 e. The monoisotopic (exact) mass is 339 g/mol. The summed E-state index contributed by atoms with van der Waals surface area (Å²) in [4.78, 5) is 1.21. The van der Waals surface area contributed by atoms with Gasteiger partial charge in [-0.05, 0) is 46.5 Å². The fraction of sp³-hybridized carbons (Fsp3) is 0.333. The van der Waals surface area contributed by atoms with E-state index in [-0.39, 0.29) is 6.04 Å². The van der Waals surface area contributed by atoms with Crippen molar-refractivity contribution in [2.24, 2.45) is 5.73 Å². The van der Waals surface area contributed by atoms with Crippen LogP contribution in [0.3, 0.4) is 0 Å². The Morgan fingerprint density at radius 1 is 1.37 bits per heavy atom. The highest BCUT2D eigenvalue weighted by Gasteiger charge is 2.08. The number of rotatable bonds is 6. The van der Waals surface area contributed by atoms with Gasteiger partial charge in [0.15, 0.2) is 0 Å². The molecule has 0 saturated carbocycles. The number of nitrogens with two attached hydrogens (primary N) is 1. The third-order valence-corrected chi connectivity index (χ3v) is 4.64. The number of para-hydroxylation sites is 1. The summed E-state index contributed by atoms with van der Waals surface area (Å²) in [5.41, 5.74) is 7.21. The zero-order chi connectivity index (χ0) is 13.7. The quantitative estimate of drug-likeness (QED) is 0.847. The van der Waals surface area contributed by atoms with E-state index in [1.165, 1.54) is 10.4 Å². The molecule has 1 heterocycles. The molecule has 0 saturated heterocycles. The predicted molar refractivity (Wildman–Crippen MR) is 84.8 cm³/mol. The molecule has 0 bridgehead atoms. The highest BCUT2D eigenvalue weighted by molar-refractivity contribution is 9.10. The second-order valence-corrected chi connectivity index (χ2v) is 6.41. The molecule has 1 unspecified atom stereocenters. The number of hydrogen-bond donors (Lipinski definition) is 1. The van der Waals surface area contributed by atoms with E-state index >= 15 is 0 Å². The molecule has 2 aromatic rings. The smallest absolute Gasteiger partial charge is 0.123 e. The van der Waals surface area contributed by atoms with Crippen LogP contribution >= 0.6 is 27.3 Å². The molecule has 0 radical (unpaired) electrons. The Morgan fingerprint density at radius 3 is 2.84 bits per heavy atom. The van der Waals surface area contributed by atoms with Crippen molar-refractivity contribution in [3.63, 3.8) is 0 Å². The summed E-state index contributed by atoms with van der Waals surface area (Å²) in [6, 6.07) is 10.4. The van der Waals surface area contributed by atoms with Crippen molar-refractivity contribution in [2.75, 3.05) is 0 Å². The first-order valence-electron chi connectivity index (χ1n) is 6.38. The van der Waals surface area contributed by atoms with Crippen molar-refractivity contribution >= 4 is 27.3 Å². The number of hydrogen-bond acceptors (Lipinski definition) is 3. The number of benzene rings is 1. The minimum absolute atomic E-state index is 0.195. The van der Waals surface area contributed by atoms with E-state index in [2.05, 4.69) is 40.4 Å². The van der Waals surface area contributed by atoms with E-state index in [0.29, 0.717) is 6.61 Å². The van der Waals surface area contributed by atoms with Crippen LogP contribution in [0.25, 0.3) is 0 Å². The van der Waals surface area contributed by atoms with E-state index in [1.54, 1.807) is 11.3 Å². The van der Waals surface area contributed by atoms with E-state index in [9.17, 15) is 0 Å². The van der Waals surface area contributed by atoms with Crippen molar-refractivity contribution in [1.82, 2.24) is 0 Å². The maximum atomic E-state index is 6.02. The lowest BCUT2D eigenvalue weighted by atomic mass is 10.0. The van der Waals surface area contributed by atoms with Gasteiger partial charge in [-0.2, -0.15) is 0 Å². The van der Waals surface area contributed by atoms with Crippen LogP contribution in [-0.4, -0.2) is 6.04 Å². The molecule has 0 spiro atoms. The van der Waals surface area contributed by atoms with Gasteiger partial charge >= 0.3 is 0 Å². The molecule has 1 atom stereocenters. The molecule has 4 heteroatoms. The summed E-state index contributed by atoms with van der Waals surface area (Å²) in [5, 5.41) is 2.07. The van der Waals surface area contributed by atoms with Crippen LogP contribution in [0, 0.1) is 0 Å². The minimum Gasteiger partial charge on any atom is -0.488 e. The summed E-state index contributed by atoms with van der Waals surface area (Å²) in [7, 11) is 0. The molecule has 1 aromatic heterocycles. The topological polar surface area (TPSA) is 35.2 Å². The standard InChI is InChI=1S/C15H18BrNOS/c1-2-13(17)7-11-5-3-4-6-15(11)18-9-14-8-12(16)10-19-14/h3-6,8,10,13H,2,7,9,17H2,1H3. The van der Waals surface area contributed by atoms with Gasteiger partial charge in [0.1, 0.15) is 12.4 Å². The van der Waals surface area contributed by atoms with Crippen molar-refractivity contribution in [1.29, 1.82) is 0 Å². The zero-order valence-corrected chi connectivity index (χ0v) is 13.3. The second kappa shape index (κ2) is 7.08. The normalized spacial score (nSPS) is 12.4. The third kappa shape index (κ3) is 4.34. The van der Waals surface area contributed by atoms with Crippen molar-refractivity contribution in [3.8, 4) is 5.75 Å². The van der Waals surface area contributed by atoms with Crippen LogP contribution in [0.4, 0.5) is 0 Å². The maximum absolute atomic E-state index is 6.02. The van der Waals surface area contributed by atoms with Gasteiger partial charge in [-0.15, -0.1) is 11.3 Å². The van der Waals surface area contributed by atoms with Gasteiger partial charge in [0.2, 0.25) is 0 Å². The van der Waals surface area contributed by atoms with Crippen LogP contribution in [-0.2, 0) is 13.0 Å². The molecule has 2 nitrogen and oxygen atoms in total. The average molecular weight is 340 g/mol. The fourth-order valence-corrected chi connectivity index (χ4v) is 3.18. The lowest BCUT2D eigenvalue weighted by Crippen LogP contribution is -2.21. The second-order valence-electron chi connectivity index (χ2n) is 4.50. The highest BCUT2D eigenvalue weighted by Crippen LogP contribution is 2.24. The predicted octanol–water partition coefficient (Wildman–Crippen LogP) is 4.37. The minimum atomic E-state index is 0.195. The summed E-state index contributed by atoms with van der Waals surface area (Å²) >= 11 is 5.15. The molecule has 0 aliphatic heterocycles. The molecule has 0 aliphatic rings. The molecule has 0 fully saturated rings. The van der Waals surface area contributed by atoms with Crippen molar-refractivity contribution < 1.29 is 4.74 Å². The fourth-order valence-electron chi connectivity index (χ4n) is 1.82. The lowest BCUT2D eigenvalue weighted by molar-refractivity contribution is 0.305. The Morgan fingerprint density at radius 2 is 2.16 bits per heavy atom. The van der Waals surface area contributed by atoms with E-state index in [4.69, 9.17) is 10.5 Å². The Balaban J connectivity index is 2.03. The molecule has 0 aliphatic carbocycles. The number of thiophene rings is 1. The van der Waals surface area contributed by atoms with Gasteiger partial charge in [-0.3, -0.25) is 0 Å². The summed E-state index contributed by atoms with van der Waals surface area (Å²) in [6.07, 6.45) is 1.84. The molecule has 1 aromatic carbocycles. The highest BCUT2D eigenvalue weighted by atomic mass is 79.9. The summed E-state index contributed by atoms with van der Waals surface area (Å²) < 4.78 is 7.02. The molecular weight excluding hydrogens is 322 g/mol. The van der Waals surface area contributed by atoms with Crippen molar-refractivity contribution in [2.45, 2.75) is 32.4 Å². The van der Waals surface area contributed by atoms with Gasteiger partial charge in [-0.1, -0.05) is 25.1 Å². The van der Waals surface area contributed by atoms with Crippen LogP contribution in [0.15, 0.2) is 40.2 Å². The molecule has 2 rings (SSSR count). The zero-order valence-electron chi connectivity index (χ0n) is 10.9. The molecular formula is C15H18BrNOS. The Kier molecular flexibility index (Phi) is 5.43. The molecule has 2 N–H and O–H groups in total. The maximum Gasteiger partial charge on any atom is 0.123 e. The number of ether oxygens (including phenoxy) is 1. The van der Waals surface area contributed by atoms with Gasteiger partial charge in [0.25, 0.3) is 0 Å².